The van der Waals surface area contributed by atoms with Gasteiger partial charge in [-0.3, -0.25) is 9.52 Å². The average molecular weight is 399 g/mol. The van der Waals surface area contributed by atoms with Gasteiger partial charge < -0.3 is 5.32 Å². The van der Waals surface area contributed by atoms with Crippen molar-refractivity contribution in [3.63, 3.8) is 0 Å². The molecule has 138 valence electrons. The zero-order chi connectivity index (χ0) is 19.3. The maximum Gasteiger partial charge on any atom is 0.263 e. The number of likely N-dealkylation sites (N-methyl/N-ethyl adjacent to an activating group) is 1. The van der Waals surface area contributed by atoms with Crippen LogP contribution in [0.5, 0.6) is 0 Å². The van der Waals surface area contributed by atoms with E-state index in [4.69, 9.17) is 0 Å². The summed E-state index contributed by atoms with van der Waals surface area (Å²) in [4.78, 5) is 15.7. The van der Waals surface area contributed by atoms with Crippen LogP contribution < -0.4 is 10.0 Å². The van der Waals surface area contributed by atoms with E-state index in [0.29, 0.717) is 10.8 Å². The third-order valence-electron chi connectivity index (χ3n) is 3.66. The molecule has 1 aromatic heterocycles. The van der Waals surface area contributed by atoms with Gasteiger partial charge in [0.15, 0.2) is 5.13 Å². The molecule has 1 amide bonds. The molecule has 0 saturated carbocycles. The quantitative estimate of drug-likeness (QED) is 0.622. The van der Waals surface area contributed by atoms with Gasteiger partial charge in [-0.05, 0) is 23.8 Å². The Balaban J connectivity index is 1.74. The molecule has 0 spiro atoms. The number of nitrogens with zero attached hydrogens (tertiary/aromatic N) is 1. The summed E-state index contributed by atoms with van der Waals surface area (Å²) in [6.45, 7) is 0. The molecule has 2 N–H and O–H groups in total. The Morgan fingerprint density at radius 1 is 1.07 bits per heavy atom. The lowest BCUT2D eigenvalue weighted by atomic mass is 10.2. The van der Waals surface area contributed by atoms with Crippen molar-refractivity contribution in [3.8, 4) is 11.3 Å². The van der Waals surface area contributed by atoms with E-state index in [2.05, 4.69) is 15.0 Å². The van der Waals surface area contributed by atoms with Gasteiger partial charge in [-0.2, -0.15) is 0 Å². The standard InChI is InChI=1S/C19H17N3O3S2/c1-20-18(23)12-9-14-7-10-16(11-8-14)27(24,25)22-19-21-17(13-26-19)15-5-3-2-4-6-15/h2-13H,1H3,(H,20,23)(H,21,22)/b12-9+. The number of thiazole rings is 1. The van der Waals surface area contributed by atoms with Crippen LogP contribution in [0, 0.1) is 0 Å². The van der Waals surface area contributed by atoms with Gasteiger partial charge >= 0.3 is 0 Å². The summed E-state index contributed by atoms with van der Waals surface area (Å²) >= 11 is 1.23. The van der Waals surface area contributed by atoms with Gasteiger partial charge in [0, 0.05) is 24.1 Å². The number of benzene rings is 2. The van der Waals surface area contributed by atoms with E-state index in [1.54, 1.807) is 23.6 Å². The minimum Gasteiger partial charge on any atom is -0.356 e. The lowest BCUT2D eigenvalue weighted by Gasteiger charge is -2.05. The first-order chi connectivity index (χ1) is 13.0. The minimum atomic E-state index is -3.74. The van der Waals surface area contributed by atoms with Gasteiger partial charge in [-0.15, -0.1) is 11.3 Å². The fourth-order valence-electron chi connectivity index (χ4n) is 2.25. The van der Waals surface area contributed by atoms with Crippen LogP contribution in [0.1, 0.15) is 5.56 Å². The van der Waals surface area contributed by atoms with Crippen LogP contribution in [-0.2, 0) is 14.8 Å². The smallest absolute Gasteiger partial charge is 0.263 e. The molecule has 0 atom stereocenters. The molecule has 27 heavy (non-hydrogen) atoms. The number of nitrogens with one attached hydrogen (secondary N) is 2. The third-order valence-corrected chi connectivity index (χ3v) is 5.90. The van der Waals surface area contributed by atoms with Crippen LogP contribution in [0.2, 0.25) is 0 Å². The molecule has 0 radical (unpaired) electrons. The number of anilines is 1. The molecule has 0 fully saturated rings. The summed E-state index contributed by atoms with van der Waals surface area (Å²) < 4.78 is 27.6. The van der Waals surface area contributed by atoms with Crippen LogP contribution in [-0.4, -0.2) is 26.4 Å². The maximum atomic E-state index is 12.5. The molecular weight excluding hydrogens is 382 g/mol. The molecule has 3 aromatic rings. The van der Waals surface area contributed by atoms with E-state index >= 15 is 0 Å². The third kappa shape index (κ3) is 4.81. The summed E-state index contributed by atoms with van der Waals surface area (Å²) in [5, 5.41) is 4.58. The summed E-state index contributed by atoms with van der Waals surface area (Å²) in [6, 6.07) is 15.8. The zero-order valence-electron chi connectivity index (χ0n) is 14.4. The number of hydrogen-bond acceptors (Lipinski definition) is 5. The fraction of sp³-hybridized carbons (Fsp3) is 0.0526. The molecule has 8 heteroatoms. The molecule has 2 aromatic carbocycles. The van der Waals surface area contributed by atoms with Gasteiger partial charge in [0.2, 0.25) is 5.91 Å². The van der Waals surface area contributed by atoms with Gasteiger partial charge in [0.1, 0.15) is 0 Å². The highest BCUT2D eigenvalue weighted by Gasteiger charge is 2.16. The Kier molecular flexibility index (Phi) is 5.68. The van der Waals surface area contributed by atoms with Crippen molar-refractivity contribution in [1.29, 1.82) is 0 Å². The highest BCUT2D eigenvalue weighted by atomic mass is 32.2. The van der Waals surface area contributed by atoms with E-state index in [1.165, 1.54) is 36.6 Å². The SMILES string of the molecule is CNC(=O)/C=C/c1ccc(S(=O)(=O)Nc2nc(-c3ccccc3)cs2)cc1. The molecule has 0 aliphatic carbocycles. The van der Waals surface area contributed by atoms with Crippen LogP contribution in [0.4, 0.5) is 5.13 Å². The van der Waals surface area contributed by atoms with E-state index in [1.807, 2.05) is 30.3 Å². The van der Waals surface area contributed by atoms with Crippen LogP contribution in [0.15, 0.2) is 70.9 Å². The fourth-order valence-corrected chi connectivity index (χ4v) is 4.22. The number of aromatic nitrogens is 1. The number of hydrogen-bond donors (Lipinski definition) is 2. The lowest BCUT2D eigenvalue weighted by Crippen LogP contribution is -2.14. The van der Waals surface area contributed by atoms with Crippen LogP contribution in [0.25, 0.3) is 17.3 Å². The minimum absolute atomic E-state index is 0.121. The Bertz CT molecular complexity index is 1060. The van der Waals surface area contributed by atoms with Crippen LogP contribution >= 0.6 is 11.3 Å². The first kappa shape index (κ1) is 18.8. The molecule has 3 rings (SSSR count). The van der Waals surface area contributed by atoms with Crippen LogP contribution in [0.3, 0.4) is 0 Å². The largest absolute Gasteiger partial charge is 0.356 e. The molecule has 1 heterocycles. The summed E-state index contributed by atoms with van der Waals surface area (Å²) in [6.07, 6.45) is 2.98. The number of carbonyl (C=O) groups is 1. The second-order valence-corrected chi connectivity index (χ2v) is 8.07. The normalized spacial score (nSPS) is 11.4. The van der Waals surface area contributed by atoms with E-state index < -0.39 is 10.0 Å². The lowest BCUT2D eigenvalue weighted by molar-refractivity contribution is -0.115. The predicted molar refractivity (Wildman–Crippen MR) is 108 cm³/mol. The zero-order valence-corrected chi connectivity index (χ0v) is 16.0. The number of rotatable bonds is 6. The summed E-state index contributed by atoms with van der Waals surface area (Å²) in [5.41, 5.74) is 2.36. The number of carbonyl (C=O) groups excluding carboxylic acids is 1. The van der Waals surface area contributed by atoms with E-state index in [-0.39, 0.29) is 10.8 Å². The van der Waals surface area contributed by atoms with E-state index in [9.17, 15) is 13.2 Å². The topological polar surface area (TPSA) is 88.2 Å². The molecule has 0 aliphatic heterocycles. The average Bonchev–Trinajstić information content (AvgIpc) is 3.15. The summed E-state index contributed by atoms with van der Waals surface area (Å²) in [7, 11) is -2.20. The van der Waals surface area contributed by atoms with Crippen molar-refractivity contribution in [2.75, 3.05) is 11.8 Å². The van der Waals surface area contributed by atoms with Gasteiger partial charge in [-0.25, -0.2) is 13.4 Å². The molecule has 0 bridgehead atoms. The first-order valence-electron chi connectivity index (χ1n) is 8.01. The monoisotopic (exact) mass is 399 g/mol. The van der Waals surface area contributed by atoms with Crippen molar-refractivity contribution < 1.29 is 13.2 Å². The van der Waals surface area contributed by atoms with Gasteiger partial charge in [0.25, 0.3) is 10.0 Å². The Labute approximate surface area is 161 Å². The Hall–Kier alpha value is -2.97. The highest BCUT2D eigenvalue weighted by molar-refractivity contribution is 7.93. The maximum absolute atomic E-state index is 12.5. The molecule has 0 saturated heterocycles. The Morgan fingerprint density at radius 3 is 2.44 bits per heavy atom. The molecular formula is C19H17N3O3S2. The van der Waals surface area contributed by atoms with Gasteiger partial charge in [-0.1, -0.05) is 42.5 Å². The van der Waals surface area contributed by atoms with Crippen molar-refractivity contribution in [3.05, 3.63) is 71.6 Å². The Morgan fingerprint density at radius 2 is 1.78 bits per heavy atom. The number of sulfonamides is 1. The number of amides is 1. The van der Waals surface area contributed by atoms with Crippen molar-refractivity contribution in [1.82, 2.24) is 10.3 Å². The molecule has 0 aliphatic rings. The second-order valence-electron chi connectivity index (χ2n) is 5.53. The molecule has 6 nitrogen and oxygen atoms in total. The van der Waals surface area contributed by atoms with Crippen molar-refractivity contribution in [2.24, 2.45) is 0 Å². The first-order valence-corrected chi connectivity index (χ1v) is 10.4. The predicted octanol–water partition coefficient (Wildman–Crippen LogP) is 3.37. The molecule has 0 unspecified atom stereocenters. The van der Waals surface area contributed by atoms with Gasteiger partial charge in [0.05, 0.1) is 10.6 Å². The highest BCUT2D eigenvalue weighted by Crippen LogP contribution is 2.26. The van der Waals surface area contributed by atoms with Crippen molar-refractivity contribution in [2.45, 2.75) is 4.90 Å². The summed E-state index contributed by atoms with van der Waals surface area (Å²) in [5.74, 6) is -0.230. The van der Waals surface area contributed by atoms with Crippen molar-refractivity contribution >= 4 is 38.5 Å². The van der Waals surface area contributed by atoms with E-state index in [0.717, 1.165) is 11.1 Å². The second kappa shape index (κ2) is 8.15.